The van der Waals surface area contributed by atoms with E-state index in [2.05, 4.69) is 4.98 Å². The predicted molar refractivity (Wildman–Crippen MR) is 74.5 cm³/mol. The standard InChI is InChI=1S/C13H9NO3S2/c15-12(16)6-8-3-4-11(19-8)9-7-18-13(14-9)10-2-1-5-17-10/h1-5,7H,6H2,(H,15,16). The van der Waals surface area contributed by atoms with E-state index in [0.717, 1.165) is 26.2 Å². The highest BCUT2D eigenvalue weighted by Crippen LogP contribution is 2.32. The third-order valence-electron chi connectivity index (χ3n) is 2.48. The first-order valence-electron chi connectivity index (χ1n) is 5.52. The molecular weight excluding hydrogens is 282 g/mol. The van der Waals surface area contributed by atoms with Crippen LogP contribution in [-0.2, 0) is 11.2 Å². The molecule has 6 heteroatoms. The highest BCUT2D eigenvalue weighted by atomic mass is 32.1. The van der Waals surface area contributed by atoms with E-state index < -0.39 is 5.97 Å². The van der Waals surface area contributed by atoms with Gasteiger partial charge in [-0.1, -0.05) is 0 Å². The third kappa shape index (κ3) is 2.59. The van der Waals surface area contributed by atoms with Crippen LogP contribution in [0.3, 0.4) is 0 Å². The first-order valence-corrected chi connectivity index (χ1v) is 7.22. The Morgan fingerprint density at radius 3 is 3.00 bits per heavy atom. The van der Waals surface area contributed by atoms with Crippen LogP contribution in [0.25, 0.3) is 21.3 Å². The quantitative estimate of drug-likeness (QED) is 0.795. The molecule has 0 unspecified atom stereocenters. The van der Waals surface area contributed by atoms with E-state index in [4.69, 9.17) is 9.52 Å². The monoisotopic (exact) mass is 291 g/mol. The summed E-state index contributed by atoms with van der Waals surface area (Å²) in [4.78, 5) is 17.0. The maximum absolute atomic E-state index is 10.7. The molecule has 0 radical (unpaired) electrons. The van der Waals surface area contributed by atoms with Gasteiger partial charge in [-0.05, 0) is 24.3 Å². The van der Waals surface area contributed by atoms with Crippen molar-refractivity contribution < 1.29 is 14.3 Å². The SMILES string of the molecule is O=C(O)Cc1ccc(-c2csc(-c3ccco3)n2)s1. The van der Waals surface area contributed by atoms with E-state index in [1.807, 2.05) is 29.6 Å². The lowest BCUT2D eigenvalue weighted by atomic mass is 10.3. The third-order valence-corrected chi connectivity index (χ3v) is 4.44. The van der Waals surface area contributed by atoms with Crippen LogP contribution in [0.1, 0.15) is 4.88 Å². The fraction of sp³-hybridized carbons (Fsp3) is 0.0769. The van der Waals surface area contributed by atoms with Crippen molar-refractivity contribution in [3.63, 3.8) is 0 Å². The zero-order valence-corrected chi connectivity index (χ0v) is 11.3. The predicted octanol–water partition coefficient (Wildman–Crippen LogP) is 3.76. The molecule has 3 aromatic heterocycles. The number of aliphatic carboxylic acids is 1. The summed E-state index contributed by atoms with van der Waals surface area (Å²) in [5.74, 6) is -0.0680. The van der Waals surface area contributed by atoms with Gasteiger partial charge in [-0.2, -0.15) is 0 Å². The van der Waals surface area contributed by atoms with Crippen LogP contribution < -0.4 is 0 Å². The van der Waals surface area contributed by atoms with Gasteiger partial charge in [0.15, 0.2) is 10.8 Å². The van der Waals surface area contributed by atoms with Crippen molar-refractivity contribution >= 4 is 28.6 Å². The summed E-state index contributed by atoms with van der Waals surface area (Å²) in [6.45, 7) is 0. The molecule has 0 atom stereocenters. The van der Waals surface area contributed by atoms with Crippen molar-refractivity contribution in [2.75, 3.05) is 0 Å². The van der Waals surface area contributed by atoms with E-state index in [9.17, 15) is 4.79 Å². The highest BCUT2D eigenvalue weighted by molar-refractivity contribution is 7.16. The number of hydrogen-bond donors (Lipinski definition) is 1. The number of carbonyl (C=O) groups is 1. The van der Waals surface area contributed by atoms with Crippen molar-refractivity contribution in [3.05, 3.63) is 40.8 Å². The second-order valence-electron chi connectivity index (χ2n) is 3.85. The molecule has 0 aliphatic rings. The summed E-state index contributed by atoms with van der Waals surface area (Å²) in [5, 5.41) is 11.5. The van der Waals surface area contributed by atoms with Gasteiger partial charge in [0.2, 0.25) is 0 Å². The molecule has 1 N–H and O–H groups in total. The Labute approximate surface area is 117 Å². The molecule has 0 aliphatic carbocycles. The Hall–Kier alpha value is -1.92. The van der Waals surface area contributed by atoms with E-state index in [-0.39, 0.29) is 6.42 Å². The first-order chi connectivity index (χ1) is 9.22. The Morgan fingerprint density at radius 1 is 1.37 bits per heavy atom. The van der Waals surface area contributed by atoms with Crippen molar-refractivity contribution in [1.82, 2.24) is 4.98 Å². The number of nitrogens with zero attached hydrogens (tertiary/aromatic N) is 1. The molecule has 19 heavy (non-hydrogen) atoms. The molecule has 3 rings (SSSR count). The molecule has 0 bridgehead atoms. The van der Waals surface area contributed by atoms with E-state index in [1.165, 1.54) is 22.7 Å². The Balaban J connectivity index is 1.86. The van der Waals surface area contributed by atoms with Crippen LogP contribution in [0.15, 0.2) is 40.3 Å². The number of carboxylic acid groups (broad SMARTS) is 1. The maximum atomic E-state index is 10.7. The molecule has 0 amide bonds. The van der Waals surface area contributed by atoms with Gasteiger partial charge in [0.25, 0.3) is 0 Å². The maximum Gasteiger partial charge on any atom is 0.308 e. The average molecular weight is 291 g/mol. The highest BCUT2D eigenvalue weighted by Gasteiger charge is 2.11. The summed E-state index contributed by atoms with van der Waals surface area (Å²) >= 11 is 2.97. The first kappa shape index (κ1) is 12.1. The summed E-state index contributed by atoms with van der Waals surface area (Å²) in [6.07, 6.45) is 1.67. The smallest absolute Gasteiger partial charge is 0.308 e. The normalized spacial score (nSPS) is 10.7. The number of aromatic nitrogens is 1. The zero-order valence-electron chi connectivity index (χ0n) is 9.70. The number of rotatable bonds is 4. The minimum Gasteiger partial charge on any atom is -0.481 e. The number of furan rings is 1. The number of carboxylic acids is 1. The van der Waals surface area contributed by atoms with E-state index in [1.54, 1.807) is 6.26 Å². The zero-order chi connectivity index (χ0) is 13.2. The fourth-order valence-electron chi connectivity index (χ4n) is 1.66. The molecule has 0 saturated heterocycles. The van der Waals surface area contributed by atoms with Gasteiger partial charge >= 0.3 is 5.97 Å². The number of thiophene rings is 1. The van der Waals surface area contributed by atoms with Gasteiger partial charge in [0.1, 0.15) is 0 Å². The van der Waals surface area contributed by atoms with Crippen LogP contribution in [0.4, 0.5) is 0 Å². The van der Waals surface area contributed by atoms with Gasteiger partial charge in [-0.25, -0.2) is 4.98 Å². The second kappa shape index (κ2) is 4.99. The van der Waals surface area contributed by atoms with Crippen molar-refractivity contribution in [3.8, 4) is 21.3 Å². The molecule has 0 aromatic carbocycles. The molecule has 3 aromatic rings. The van der Waals surface area contributed by atoms with Gasteiger partial charge < -0.3 is 9.52 Å². The topological polar surface area (TPSA) is 63.3 Å². The summed E-state index contributed by atoms with van der Waals surface area (Å²) in [6, 6.07) is 7.43. The molecule has 3 heterocycles. The minimum atomic E-state index is -0.817. The van der Waals surface area contributed by atoms with Crippen LogP contribution >= 0.6 is 22.7 Å². The van der Waals surface area contributed by atoms with Crippen molar-refractivity contribution in [1.29, 1.82) is 0 Å². The summed E-state index contributed by atoms with van der Waals surface area (Å²) in [5.41, 5.74) is 0.859. The van der Waals surface area contributed by atoms with E-state index >= 15 is 0 Å². The Bertz CT molecular complexity index is 697. The lowest BCUT2D eigenvalue weighted by Gasteiger charge is -1.90. The fourth-order valence-corrected chi connectivity index (χ4v) is 3.48. The largest absolute Gasteiger partial charge is 0.481 e. The molecule has 0 aliphatic heterocycles. The summed E-state index contributed by atoms with van der Waals surface area (Å²) < 4.78 is 5.30. The van der Waals surface area contributed by atoms with Crippen LogP contribution in [0.2, 0.25) is 0 Å². The molecule has 0 saturated carbocycles. The second-order valence-corrected chi connectivity index (χ2v) is 5.88. The van der Waals surface area contributed by atoms with Gasteiger partial charge in [-0.15, -0.1) is 22.7 Å². The van der Waals surface area contributed by atoms with Crippen LogP contribution in [0.5, 0.6) is 0 Å². The van der Waals surface area contributed by atoms with Crippen LogP contribution in [-0.4, -0.2) is 16.1 Å². The van der Waals surface area contributed by atoms with Gasteiger partial charge in [0, 0.05) is 10.3 Å². The average Bonchev–Trinajstić information content (AvgIpc) is 3.09. The Kier molecular flexibility index (Phi) is 3.18. The van der Waals surface area contributed by atoms with E-state index in [0.29, 0.717) is 0 Å². The van der Waals surface area contributed by atoms with Crippen molar-refractivity contribution in [2.45, 2.75) is 6.42 Å². The molecule has 4 nitrogen and oxygen atoms in total. The van der Waals surface area contributed by atoms with Crippen LogP contribution in [0, 0.1) is 0 Å². The van der Waals surface area contributed by atoms with Gasteiger partial charge in [-0.3, -0.25) is 4.79 Å². The lowest BCUT2D eigenvalue weighted by Crippen LogP contribution is -1.96. The minimum absolute atomic E-state index is 0.0554. The molecule has 96 valence electrons. The molecule has 0 spiro atoms. The lowest BCUT2D eigenvalue weighted by molar-refractivity contribution is -0.136. The van der Waals surface area contributed by atoms with Gasteiger partial charge in [0.05, 0.1) is 23.3 Å². The number of hydrogen-bond acceptors (Lipinski definition) is 5. The molecular formula is C13H9NO3S2. The Morgan fingerprint density at radius 2 is 2.26 bits per heavy atom. The molecule has 0 fully saturated rings. The number of thiazole rings is 1. The summed E-state index contributed by atoms with van der Waals surface area (Å²) in [7, 11) is 0. The van der Waals surface area contributed by atoms with Crippen molar-refractivity contribution in [2.24, 2.45) is 0 Å².